The Bertz CT molecular complexity index is 108. The van der Waals surface area contributed by atoms with Crippen LogP contribution >= 0.6 is 0 Å². The van der Waals surface area contributed by atoms with Gasteiger partial charge in [-0.15, -0.1) is 0 Å². The fourth-order valence-corrected chi connectivity index (χ4v) is 0. The van der Waals surface area contributed by atoms with Crippen LogP contribution in [0.25, 0.3) is 0 Å². The summed E-state index contributed by atoms with van der Waals surface area (Å²) in [6, 6.07) is 0. The molecule has 0 aliphatic rings. The van der Waals surface area contributed by atoms with Crippen molar-refractivity contribution in [1.29, 1.82) is 0 Å². The molecule has 0 fully saturated rings. The molecular formula is C7H16O4. The summed E-state index contributed by atoms with van der Waals surface area (Å²) in [5, 5.41) is 24.9. The zero-order valence-corrected chi connectivity index (χ0v) is 7.33. The van der Waals surface area contributed by atoms with Gasteiger partial charge in [-0.2, -0.15) is 0 Å². The minimum absolute atomic E-state index is 0.646. The summed E-state index contributed by atoms with van der Waals surface area (Å²) in [7, 11) is 0. The van der Waals surface area contributed by atoms with E-state index < -0.39 is 17.7 Å². The van der Waals surface area contributed by atoms with Crippen molar-refractivity contribution >= 4 is 5.97 Å². The van der Waals surface area contributed by atoms with E-state index in [1.165, 1.54) is 0 Å². The summed E-state index contributed by atoms with van der Waals surface area (Å²) in [4.78, 5) is 9.00. The van der Waals surface area contributed by atoms with Crippen molar-refractivity contribution in [3.8, 4) is 0 Å². The molecule has 0 spiro atoms. The van der Waals surface area contributed by atoms with Gasteiger partial charge < -0.3 is 15.3 Å². The van der Waals surface area contributed by atoms with E-state index in [-0.39, 0.29) is 0 Å². The Kier molecular flexibility index (Phi) is 6.03. The standard InChI is InChI=1S/C5H12O2.C2H4O2/c1-4(6)5(2,3)7;1-2(3)4/h4,6-7H,1-3H3;1H3,(H,3,4). The molecule has 0 saturated heterocycles. The molecule has 4 nitrogen and oxygen atoms in total. The van der Waals surface area contributed by atoms with Crippen LogP contribution in [0.2, 0.25) is 0 Å². The van der Waals surface area contributed by atoms with Crippen LogP contribution in [0.1, 0.15) is 27.7 Å². The van der Waals surface area contributed by atoms with E-state index in [4.69, 9.17) is 20.1 Å². The van der Waals surface area contributed by atoms with Gasteiger partial charge in [-0.05, 0) is 20.8 Å². The largest absolute Gasteiger partial charge is 0.481 e. The Morgan fingerprint density at radius 2 is 1.55 bits per heavy atom. The summed E-state index contributed by atoms with van der Waals surface area (Å²) >= 11 is 0. The van der Waals surface area contributed by atoms with Crippen molar-refractivity contribution in [2.45, 2.75) is 39.4 Å². The Morgan fingerprint density at radius 1 is 1.45 bits per heavy atom. The van der Waals surface area contributed by atoms with E-state index in [1.807, 2.05) is 0 Å². The first-order valence-electron chi connectivity index (χ1n) is 3.28. The number of carboxylic acid groups (broad SMARTS) is 1. The molecule has 1 atom stereocenters. The van der Waals surface area contributed by atoms with E-state index in [2.05, 4.69) is 0 Å². The number of carboxylic acids is 1. The van der Waals surface area contributed by atoms with Crippen LogP contribution in [0.3, 0.4) is 0 Å². The third kappa shape index (κ3) is 17.7. The van der Waals surface area contributed by atoms with E-state index in [1.54, 1.807) is 20.8 Å². The molecule has 4 heteroatoms. The summed E-state index contributed by atoms with van der Waals surface area (Å²) in [5.41, 5.74) is -0.944. The normalized spacial score (nSPS) is 12.9. The Morgan fingerprint density at radius 3 is 1.55 bits per heavy atom. The second-order valence-corrected chi connectivity index (χ2v) is 2.85. The van der Waals surface area contributed by atoms with Crippen molar-refractivity contribution in [2.24, 2.45) is 0 Å². The van der Waals surface area contributed by atoms with Gasteiger partial charge in [0.2, 0.25) is 0 Å². The highest BCUT2D eigenvalue weighted by Crippen LogP contribution is 2.05. The molecule has 68 valence electrons. The van der Waals surface area contributed by atoms with Crippen molar-refractivity contribution in [1.82, 2.24) is 0 Å². The molecule has 0 aromatic rings. The first-order valence-corrected chi connectivity index (χ1v) is 3.28. The lowest BCUT2D eigenvalue weighted by Crippen LogP contribution is -2.32. The number of aliphatic carboxylic acids is 1. The minimum Gasteiger partial charge on any atom is -0.481 e. The number of carbonyl (C=O) groups is 1. The van der Waals surface area contributed by atoms with Gasteiger partial charge >= 0.3 is 0 Å². The lowest BCUT2D eigenvalue weighted by atomic mass is 10.0. The van der Waals surface area contributed by atoms with Gasteiger partial charge in [0.15, 0.2) is 0 Å². The number of rotatable bonds is 1. The first-order chi connectivity index (χ1) is 4.68. The predicted octanol–water partition coefficient (Wildman–Crippen LogP) is 0.229. The average molecular weight is 164 g/mol. The van der Waals surface area contributed by atoms with Crippen LogP contribution in [0.4, 0.5) is 0 Å². The molecule has 0 saturated carbocycles. The molecule has 1 unspecified atom stereocenters. The Balaban J connectivity index is 0. The quantitative estimate of drug-likeness (QED) is 0.518. The third-order valence-electron chi connectivity index (χ3n) is 1.02. The van der Waals surface area contributed by atoms with Crippen LogP contribution in [-0.4, -0.2) is 33.0 Å². The van der Waals surface area contributed by atoms with Crippen molar-refractivity contribution in [3.05, 3.63) is 0 Å². The maximum Gasteiger partial charge on any atom is 0.300 e. The number of hydrogen-bond acceptors (Lipinski definition) is 3. The lowest BCUT2D eigenvalue weighted by molar-refractivity contribution is -0.134. The van der Waals surface area contributed by atoms with Crippen molar-refractivity contribution in [2.75, 3.05) is 0 Å². The van der Waals surface area contributed by atoms with E-state index in [9.17, 15) is 0 Å². The van der Waals surface area contributed by atoms with Gasteiger partial charge in [-0.3, -0.25) is 4.79 Å². The predicted molar refractivity (Wildman–Crippen MR) is 41.3 cm³/mol. The van der Waals surface area contributed by atoms with Gasteiger partial charge in [0.1, 0.15) is 0 Å². The molecule has 11 heavy (non-hydrogen) atoms. The molecule has 0 heterocycles. The number of aliphatic hydroxyl groups excluding tert-OH is 1. The van der Waals surface area contributed by atoms with Gasteiger partial charge in [0.25, 0.3) is 5.97 Å². The maximum atomic E-state index is 9.00. The smallest absolute Gasteiger partial charge is 0.300 e. The SMILES string of the molecule is CC(=O)O.CC(O)C(C)(C)O. The molecule has 0 amide bonds. The van der Waals surface area contributed by atoms with Gasteiger partial charge in [0, 0.05) is 6.92 Å². The second-order valence-electron chi connectivity index (χ2n) is 2.85. The Labute approximate surface area is 66.5 Å². The fourth-order valence-electron chi connectivity index (χ4n) is 0. The molecule has 0 aliphatic carbocycles. The van der Waals surface area contributed by atoms with Gasteiger partial charge in [-0.1, -0.05) is 0 Å². The Hall–Kier alpha value is -0.610. The molecule has 0 rings (SSSR count). The molecule has 0 radical (unpaired) electrons. The molecule has 0 aliphatic heterocycles. The average Bonchev–Trinajstić information content (AvgIpc) is 1.59. The number of hydrogen-bond donors (Lipinski definition) is 3. The maximum absolute atomic E-state index is 9.00. The molecule has 0 aromatic heterocycles. The minimum atomic E-state index is -0.944. The highest BCUT2D eigenvalue weighted by atomic mass is 16.4. The molecule has 0 bridgehead atoms. The van der Waals surface area contributed by atoms with Crippen LogP contribution in [0.15, 0.2) is 0 Å². The van der Waals surface area contributed by atoms with E-state index >= 15 is 0 Å². The monoisotopic (exact) mass is 164 g/mol. The van der Waals surface area contributed by atoms with Gasteiger partial charge in [-0.25, -0.2) is 0 Å². The lowest BCUT2D eigenvalue weighted by Gasteiger charge is -2.19. The topological polar surface area (TPSA) is 77.8 Å². The molecular weight excluding hydrogens is 148 g/mol. The molecule has 3 N–H and O–H groups in total. The van der Waals surface area contributed by atoms with Crippen LogP contribution in [-0.2, 0) is 4.79 Å². The summed E-state index contributed by atoms with van der Waals surface area (Å²) in [5.74, 6) is -0.833. The summed E-state index contributed by atoms with van der Waals surface area (Å²) < 4.78 is 0. The second kappa shape index (κ2) is 5.09. The zero-order chi connectivity index (χ0) is 9.65. The van der Waals surface area contributed by atoms with Crippen LogP contribution < -0.4 is 0 Å². The fraction of sp³-hybridized carbons (Fsp3) is 0.857. The van der Waals surface area contributed by atoms with Crippen LogP contribution in [0.5, 0.6) is 0 Å². The third-order valence-corrected chi connectivity index (χ3v) is 1.02. The highest BCUT2D eigenvalue weighted by Gasteiger charge is 2.18. The van der Waals surface area contributed by atoms with Crippen molar-refractivity contribution < 1.29 is 20.1 Å². The van der Waals surface area contributed by atoms with Crippen LogP contribution in [0, 0.1) is 0 Å². The van der Waals surface area contributed by atoms with Gasteiger partial charge in [0.05, 0.1) is 11.7 Å². The van der Waals surface area contributed by atoms with E-state index in [0.29, 0.717) is 0 Å². The van der Waals surface area contributed by atoms with Crippen molar-refractivity contribution in [3.63, 3.8) is 0 Å². The summed E-state index contributed by atoms with van der Waals surface area (Å²) in [6.07, 6.45) is -0.646. The first kappa shape index (κ1) is 13.0. The highest BCUT2D eigenvalue weighted by molar-refractivity contribution is 5.62. The van der Waals surface area contributed by atoms with E-state index in [0.717, 1.165) is 6.92 Å². The summed E-state index contributed by atoms with van der Waals surface area (Å²) in [6.45, 7) is 5.77. The molecule has 0 aromatic carbocycles. The number of aliphatic hydroxyl groups is 2. The zero-order valence-electron chi connectivity index (χ0n) is 7.33.